The van der Waals surface area contributed by atoms with E-state index in [1.807, 2.05) is 35.1 Å². The van der Waals surface area contributed by atoms with E-state index >= 15 is 0 Å². The molecule has 0 fully saturated rings. The van der Waals surface area contributed by atoms with Crippen molar-refractivity contribution in [1.29, 1.82) is 0 Å². The predicted octanol–water partition coefficient (Wildman–Crippen LogP) is 3.16. The first kappa shape index (κ1) is 13.9. The maximum Gasteiger partial charge on any atom is 0.138 e. The van der Waals surface area contributed by atoms with E-state index in [9.17, 15) is 0 Å². The van der Waals surface area contributed by atoms with Crippen molar-refractivity contribution < 1.29 is 4.74 Å². The Labute approximate surface area is 118 Å². The van der Waals surface area contributed by atoms with Crippen LogP contribution in [0.3, 0.4) is 0 Å². The van der Waals surface area contributed by atoms with Gasteiger partial charge in [-0.15, -0.1) is 0 Å². The fourth-order valence-corrected chi connectivity index (χ4v) is 1.94. The van der Waals surface area contributed by atoms with Crippen LogP contribution in [0, 0.1) is 0 Å². The molecule has 1 heterocycles. The molecule has 4 nitrogen and oxygen atoms in total. The second-order valence-electron chi connectivity index (χ2n) is 4.64. The second-order valence-corrected chi connectivity index (χ2v) is 5.05. The molecular formula is C14H18ClN3O. The Morgan fingerprint density at radius 1 is 1.37 bits per heavy atom. The van der Waals surface area contributed by atoms with Crippen molar-refractivity contribution in [2.24, 2.45) is 5.73 Å². The zero-order chi connectivity index (χ0) is 13.8. The van der Waals surface area contributed by atoms with Crippen LogP contribution < -0.4 is 10.5 Å². The second kappa shape index (κ2) is 6.08. The average molecular weight is 280 g/mol. The smallest absolute Gasteiger partial charge is 0.138 e. The lowest BCUT2D eigenvalue weighted by Gasteiger charge is -2.08. The molecule has 1 aromatic carbocycles. The van der Waals surface area contributed by atoms with Gasteiger partial charge in [-0.2, -0.15) is 5.10 Å². The Kier molecular flexibility index (Phi) is 4.45. The van der Waals surface area contributed by atoms with Crippen molar-refractivity contribution in [3.8, 4) is 5.75 Å². The minimum Gasteiger partial charge on any atom is -0.486 e. The van der Waals surface area contributed by atoms with Gasteiger partial charge in [-0.3, -0.25) is 4.68 Å². The molecule has 0 unspecified atom stereocenters. The molecule has 0 aliphatic carbocycles. The molecule has 0 spiro atoms. The van der Waals surface area contributed by atoms with Crippen LogP contribution in [0.1, 0.15) is 31.1 Å². The maximum absolute atomic E-state index is 6.12. The van der Waals surface area contributed by atoms with Crippen LogP contribution in [0.15, 0.2) is 30.5 Å². The van der Waals surface area contributed by atoms with Crippen LogP contribution in [-0.4, -0.2) is 9.78 Å². The highest BCUT2D eigenvalue weighted by Gasteiger charge is 2.06. The number of aromatic nitrogens is 2. The van der Waals surface area contributed by atoms with Crippen molar-refractivity contribution in [2.75, 3.05) is 0 Å². The molecule has 0 bridgehead atoms. The van der Waals surface area contributed by atoms with Gasteiger partial charge in [-0.1, -0.05) is 17.7 Å². The number of rotatable bonds is 5. The van der Waals surface area contributed by atoms with Crippen molar-refractivity contribution in [3.63, 3.8) is 0 Å². The fourth-order valence-electron chi connectivity index (χ4n) is 1.68. The molecule has 2 aromatic rings. The normalized spacial score (nSPS) is 11.0. The van der Waals surface area contributed by atoms with Gasteiger partial charge < -0.3 is 10.5 Å². The summed E-state index contributed by atoms with van der Waals surface area (Å²) >= 11 is 6.12. The summed E-state index contributed by atoms with van der Waals surface area (Å²) < 4.78 is 7.57. The summed E-state index contributed by atoms with van der Waals surface area (Å²) in [7, 11) is 0. The topological polar surface area (TPSA) is 53.1 Å². The lowest BCUT2D eigenvalue weighted by atomic mass is 10.2. The Balaban J connectivity index is 2.01. The van der Waals surface area contributed by atoms with Gasteiger partial charge in [0, 0.05) is 18.8 Å². The van der Waals surface area contributed by atoms with E-state index in [-0.39, 0.29) is 0 Å². The summed E-state index contributed by atoms with van der Waals surface area (Å²) in [6.07, 6.45) is 1.95. The van der Waals surface area contributed by atoms with E-state index in [0.717, 1.165) is 11.3 Å². The minimum atomic E-state index is 0.348. The maximum atomic E-state index is 6.12. The number of nitrogens with zero attached hydrogens (tertiary/aromatic N) is 2. The quantitative estimate of drug-likeness (QED) is 0.915. The number of benzene rings is 1. The number of hydrogen-bond donors (Lipinski definition) is 1. The predicted molar refractivity (Wildman–Crippen MR) is 76.3 cm³/mol. The van der Waals surface area contributed by atoms with E-state index in [1.54, 1.807) is 0 Å². The fraction of sp³-hybridized carbons (Fsp3) is 0.357. The highest BCUT2D eigenvalue weighted by molar-refractivity contribution is 6.32. The Morgan fingerprint density at radius 3 is 2.74 bits per heavy atom. The zero-order valence-corrected chi connectivity index (χ0v) is 11.9. The van der Waals surface area contributed by atoms with E-state index in [1.165, 1.54) is 0 Å². The van der Waals surface area contributed by atoms with Crippen molar-refractivity contribution in [3.05, 3.63) is 46.7 Å². The summed E-state index contributed by atoms with van der Waals surface area (Å²) in [6.45, 7) is 5.04. The lowest BCUT2D eigenvalue weighted by Crippen LogP contribution is -2.03. The molecule has 0 aliphatic heterocycles. The van der Waals surface area contributed by atoms with Gasteiger partial charge in [-0.05, 0) is 37.6 Å². The highest BCUT2D eigenvalue weighted by atomic mass is 35.5. The van der Waals surface area contributed by atoms with Crippen LogP contribution >= 0.6 is 11.6 Å². The summed E-state index contributed by atoms with van der Waals surface area (Å²) in [6, 6.07) is 7.87. The standard InChI is InChI=1S/C14H18ClN3O/c1-10(2)18-6-5-12(17-18)9-19-14-4-3-11(8-16)7-13(14)15/h3-7,10H,8-9,16H2,1-2H3. The van der Waals surface area contributed by atoms with Gasteiger partial charge in [-0.25, -0.2) is 0 Å². The molecule has 0 saturated carbocycles. The molecule has 0 atom stereocenters. The van der Waals surface area contributed by atoms with E-state index in [0.29, 0.717) is 30.0 Å². The Hall–Kier alpha value is -1.52. The molecule has 0 aliphatic rings. The largest absolute Gasteiger partial charge is 0.486 e. The summed E-state index contributed by atoms with van der Waals surface area (Å²) in [5.41, 5.74) is 7.42. The van der Waals surface area contributed by atoms with Crippen molar-refractivity contribution in [2.45, 2.75) is 33.0 Å². The number of nitrogens with two attached hydrogens (primary N) is 1. The molecule has 1 aromatic heterocycles. The molecule has 5 heteroatoms. The first-order chi connectivity index (χ1) is 9.10. The van der Waals surface area contributed by atoms with Crippen LogP contribution in [0.25, 0.3) is 0 Å². The average Bonchev–Trinajstić information content (AvgIpc) is 2.86. The summed E-state index contributed by atoms with van der Waals surface area (Å²) in [4.78, 5) is 0. The molecule has 0 radical (unpaired) electrons. The molecule has 0 saturated heterocycles. The summed E-state index contributed by atoms with van der Waals surface area (Å²) in [5, 5.41) is 4.99. The van der Waals surface area contributed by atoms with Gasteiger partial charge in [0.1, 0.15) is 12.4 Å². The van der Waals surface area contributed by atoms with Crippen molar-refractivity contribution in [1.82, 2.24) is 9.78 Å². The molecule has 2 N–H and O–H groups in total. The van der Waals surface area contributed by atoms with Gasteiger partial charge in [0.25, 0.3) is 0 Å². The minimum absolute atomic E-state index is 0.348. The first-order valence-electron chi connectivity index (χ1n) is 6.25. The van der Waals surface area contributed by atoms with Gasteiger partial charge >= 0.3 is 0 Å². The Bertz CT molecular complexity index is 551. The van der Waals surface area contributed by atoms with Crippen molar-refractivity contribution >= 4 is 11.6 Å². The van der Waals surface area contributed by atoms with E-state index in [4.69, 9.17) is 22.1 Å². The Morgan fingerprint density at radius 2 is 2.16 bits per heavy atom. The van der Waals surface area contributed by atoms with Gasteiger partial charge in [0.2, 0.25) is 0 Å². The zero-order valence-electron chi connectivity index (χ0n) is 11.1. The third kappa shape index (κ3) is 3.49. The van der Waals surface area contributed by atoms with E-state index < -0.39 is 0 Å². The van der Waals surface area contributed by atoms with Crippen LogP contribution in [-0.2, 0) is 13.2 Å². The molecule has 0 amide bonds. The van der Waals surface area contributed by atoms with E-state index in [2.05, 4.69) is 18.9 Å². The van der Waals surface area contributed by atoms with Gasteiger partial charge in [0.15, 0.2) is 0 Å². The monoisotopic (exact) mass is 279 g/mol. The number of ether oxygens (including phenoxy) is 1. The number of halogens is 1. The molecule has 2 rings (SSSR count). The van der Waals surface area contributed by atoms with Gasteiger partial charge in [0.05, 0.1) is 10.7 Å². The lowest BCUT2D eigenvalue weighted by molar-refractivity contribution is 0.299. The van der Waals surface area contributed by atoms with Crippen LogP contribution in [0.4, 0.5) is 0 Å². The molecular weight excluding hydrogens is 262 g/mol. The van der Waals surface area contributed by atoms with Crippen LogP contribution in [0.5, 0.6) is 5.75 Å². The van der Waals surface area contributed by atoms with Crippen LogP contribution in [0.2, 0.25) is 5.02 Å². The third-order valence-corrected chi connectivity index (χ3v) is 3.10. The number of hydrogen-bond acceptors (Lipinski definition) is 3. The molecule has 19 heavy (non-hydrogen) atoms. The molecule has 102 valence electrons. The highest BCUT2D eigenvalue weighted by Crippen LogP contribution is 2.26. The summed E-state index contributed by atoms with van der Waals surface area (Å²) in [5.74, 6) is 0.651. The third-order valence-electron chi connectivity index (χ3n) is 2.80. The SMILES string of the molecule is CC(C)n1ccc(COc2ccc(CN)cc2Cl)n1. The first-order valence-corrected chi connectivity index (χ1v) is 6.63.